The Bertz CT molecular complexity index is 3150. The standard InChI is InChI=1S/C55H39NO/c1-55(2)50-20-8-6-18-47(50)49-35-45(28-30-51(49)55)56(43-26-22-37(23-27-43)36-12-4-3-5-13-36)44-17-11-16-40(34-44)38-14-10-15-39(32-38)41-24-29-46-42(33-41)25-31-53-54(46)48-19-7-9-21-52(48)57-53/h3-35H,1-2H3. The highest BCUT2D eigenvalue weighted by Crippen LogP contribution is 2.51. The molecule has 0 fully saturated rings. The van der Waals surface area contributed by atoms with Gasteiger partial charge in [-0.25, -0.2) is 0 Å². The summed E-state index contributed by atoms with van der Waals surface area (Å²) in [7, 11) is 0. The van der Waals surface area contributed by atoms with Crippen molar-refractivity contribution in [1.29, 1.82) is 0 Å². The second-order valence-corrected chi connectivity index (χ2v) is 15.8. The Morgan fingerprint density at radius 1 is 0.368 bits per heavy atom. The molecule has 0 spiro atoms. The van der Waals surface area contributed by atoms with E-state index in [1.54, 1.807) is 0 Å². The van der Waals surface area contributed by atoms with Crippen LogP contribution >= 0.6 is 0 Å². The van der Waals surface area contributed by atoms with Gasteiger partial charge in [-0.2, -0.15) is 0 Å². The van der Waals surface area contributed by atoms with Crippen molar-refractivity contribution >= 4 is 49.8 Å². The molecule has 0 saturated heterocycles. The van der Waals surface area contributed by atoms with Gasteiger partial charge < -0.3 is 9.32 Å². The number of anilines is 3. The summed E-state index contributed by atoms with van der Waals surface area (Å²) in [6.45, 7) is 4.68. The summed E-state index contributed by atoms with van der Waals surface area (Å²) >= 11 is 0. The minimum Gasteiger partial charge on any atom is -0.456 e. The minimum absolute atomic E-state index is 0.0531. The topological polar surface area (TPSA) is 16.4 Å². The summed E-state index contributed by atoms with van der Waals surface area (Å²) in [6, 6.07) is 72.8. The SMILES string of the molecule is CC1(C)c2ccccc2-c2cc(N(c3ccc(-c4ccccc4)cc3)c3cccc(-c4cccc(-c5ccc6c(ccc7oc8ccccc8c76)c5)c4)c3)ccc21. The molecule has 0 N–H and O–H groups in total. The van der Waals surface area contributed by atoms with Gasteiger partial charge >= 0.3 is 0 Å². The number of furan rings is 1. The second kappa shape index (κ2) is 13.0. The zero-order valence-corrected chi connectivity index (χ0v) is 31.9. The van der Waals surface area contributed by atoms with Crippen LogP contribution < -0.4 is 4.90 Å². The Morgan fingerprint density at radius 2 is 0.982 bits per heavy atom. The molecule has 0 atom stereocenters. The molecular formula is C55H39NO. The molecule has 0 saturated carbocycles. The molecule has 2 nitrogen and oxygen atoms in total. The summed E-state index contributed by atoms with van der Waals surface area (Å²) in [4.78, 5) is 2.40. The molecule has 0 unspecified atom stereocenters. The van der Waals surface area contributed by atoms with E-state index in [9.17, 15) is 0 Å². The van der Waals surface area contributed by atoms with Crippen LogP contribution in [0.25, 0.3) is 77.2 Å². The first-order valence-corrected chi connectivity index (χ1v) is 19.7. The maximum atomic E-state index is 6.18. The zero-order valence-electron chi connectivity index (χ0n) is 31.9. The lowest BCUT2D eigenvalue weighted by molar-refractivity contribution is 0.660. The number of rotatable bonds is 6. The minimum atomic E-state index is -0.0531. The maximum Gasteiger partial charge on any atom is 0.136 e. The summed E-state index contributed by atoms with van der Waals surface area (Å²) in [5.74, 6) is 0. The lowest BCUT2D eigenvalue weighted by Crippen LogP contribution is -2.15. The molecule has 1 aliphatic carbocycles. The van der Waals surface area contributed by atoms with E-state index in [1.165, 1.54) is 71.8 Å². The van der Waals surface area contributed by atoms with Gasteiger partial charge in [0, 0.05) is 33.2 Å². The lowest BCUT2D eigenvalue weighted by Gasteiger charge is -2.28. The largest absolute Gasteiger partial charge is 0.456 e. The molecule has 1 aromatic heterocycles. The van der Waals surface area contributed by atoms with Crippen LogP contribution in [-0.4, -0.2) is 0 Å². The maximum absolute atomic E-state index is 6.18. The van der Waals surface area contributed by atoms with Gasteiger partial charge in [-0.3, -0.25) is 0 Å². The van der Waals surface area contributed by atoms with Crippen molar-refractivity contribution in [2.24, 2.45) is 0 Å². The number of hydrogen-bond donors (Lipinski definition) is 0. The summed E-state index contributed by atoms with van der Waals surface area (Å²) in [6.07, 6.45) is 0. The molecule has 1 aliphatic rings. The van der Waals surface area contributed by atoms with Gasteiger partial charge in [0.2, 0.25) is 0 Å². The van der Waals surface area contributed by atoms with Gasteiger partial charge in [0.05, 0.1) is 0 Å². The molecule has 0 bridgehead atoms. The average Bonchev–Trinajstić information content (AvgIpc) is 3.76. The molecule has 1 heterocycles. The fraction of sp³-hybridized carbons (Fsp3) is 0.0545. The van der Waals surface area contributed by atoms with Crippen molar-refractivity contribution in [3.8, 4) is 44.5 Å². The van der Waals surface area contributed by atoms with Gasteiger partial charge in [0.1, 0.15) is 11.2 Å². The smallest absolute Gasteiger partial charge is 0.136 e. The summed E-state index contributed by atoms with van der Waals surface area (Å²) in [5, 5.41) is 4.74. The van der Waals surface area contributed by atoms with Gasteiger partial charge in [0.15, 0.2) is 0 Å². The summed E-state index contributed by atoms with van der Waals surface area (Å²) < 4.78 is 6.18. The second-order valence-electron chi connectivity index (χ2n) is 15.8. The van der Waals surface area contributed by atoms with E-state index in [1.807, 2.05) is 12.1 Å². The van der Waals surface area contributed by atoms with E-state index >= 15 is 0 Å². The van der Waals surface area contributed by atoms with Crippen LogP contribution in [-0.2, 0) is 5.41 Å². The van der Waals surface area contributed by atoms with E-state index in [2.05, 4.69) is 207 Å². The number of hydrogen-bond acceptors (Lipinski definition) is 2. The predicted octanol–water partition coefficient (Wildman–Crippen LogP) is 15.5. The number of fused-ring (bicyclic) bond motifs is 8. The first-order valence-electron chi connectivity index (χ1n) is 19.7. The van der Waals surface area contributed by atoms with E-state index in [0.717, 1.165) is 33.6 Å². The molecule has 10 aromatic rings. The highest BCUT2D eigenvalue weighted by Gasteiger charge is 2.35. The van der Waals surface area contributed by atoms with Crippen LogP contribution in [0.15, 0.2) is 205 Å². The van der Waals surface area contributed by atoms with Crippen molar-refractivity contribution in [1.82, 2.24) is 0 Å². The van der Waals surface area contributed by atoms with Crippen LogP contribution in [0.5, 0.6) is 0 Å². The molecule has 0 radical (unpaired) electrons. The molecule has 9 aromatic carbocycles. The van der Waals surface area contributed by atoms with Crippen LogP contribution in [0.4, 0.5) is 17.1 Å². The normalized spacial score (nSPS) is 12.9. The Balaban J connectivity index is 1.00. The number of nitrogens with zero attached hydrogens (tertiary/aromatic N) is 1. The fourth-order valence-electron chi connectivity index (χ4n) is 9.16. The van der Waals surface area contributed by atoms with Crippen LogP contribution in [0.1, 0.15) is 25.0 Å². The van der Waals surface area contributed by atoms with Crippen molar-refractivity contribution in [3.63, 3.8) is 0 Å². The highest BCUT2D eigenvalue weighted by molar-refractivity contribution is 6.19. The average molecular weight is 730 g/mol. The predicted molar refractivity (Wildman–Crippen MR) is 240 cm³/mol. The number of benzene rings is 9. The van der Waals surface area contributed by atoms with Crippen molar-refractivity contribution in [3.05, 3.63) is 211 Å². The monoisotopic (exact) mass is 729 g/mol. The first kappa shape index (κ1) is 33.2. The molecule has 0 aliphatic heterocycles. The van der Waals surface area contributed by atoms with E-state index in [4.69, 9.17) is 4.42 Å². The molecule has 270 valence electrons. The van der Waals surface area contributed by atoms with E-state index < -0.39 is 0 Å². The van der Waals surface area contributed by atoms with Crippen LogP contribution in [0, 0.1) is 0 Å². The van der Waals surface area contributed by atoms with Crippen molar-refractivity contribution < 1.29 is 4.42 Å². The third-order valence-electron chi connectivity index (χ3n) is 12.0. The molecule has 57 heavy (non-hydrogen) atoms. The molecule has 11 rings (SSSR count). The van der Waals surface area contributed by atoms with Crippen LogP contribution in [0.2, 0.25) is 0 Å². The third-order valence-corrected chi connectivity index (χ3v) is 12.0. The van der Waals surface area contributed by atoms with Crippen molar-refractivity contribution in [2.45, 2.75) is 19.3 Å². The third kappa shape index (κ3) is 5.48. The first-order chi connectivity index (χ1) is 28.0. The molecule has 2 heteroatoms. The fourth-order valence-corrected chi connectivity index (χ4v) is 9.16. The highest BCUT2D eigenvalue weighted by atomic mass is 16.3. The van der Waals surface area contributed by atoms with E-state index in [0.29, 0.717) is 0 Å². The van der Waals surface area contributed by atoms with Gasteiger partial charge in [-0.1, -0.05) is 153 Å². The quantitative estimate of drug-likeness (QED) is 0.169. The Labute approximate surface area is 332 Å². The van der Waals surface area contributed by atoms with Gasteiger partial charge in [-0.05, 0) is 127 Å². The van der Waals surface area contributed by atoms with Crippen LogP contribution in [0.3, 0.4) is 0 Å². The Kier molecular flexibility index (Phi) is 7.55. The lowest BCUT2D eigenvalue weighted by atomic mass is 9.82. The number of para-hydroxylation sites is 1. The van der Waals surface area contributed by atoms with E-state index in [-0.39, 0.29) is 5.41 Å². The molecular weight excluding hydrogens is 691 g/mol. The molecule has 0 amide bonds. The zero-order chi connectivity index (χ0) is 38.1. The Hall–Kier alpha value is -7.16. The van der Waals surface area contributed by atoms with Gasteiger partial charge in [-0.15, -0.1) is 0 Å². The van der Waals surface area contributed by atoms with Crippen molar-refractivity contribution in [2.75, 3.05) is 4.90 Å². The summed E-state index contributed by atoms with van der Waals surface area (Å²) in [5.41, 5.74) is 17.7. The van der Waals surface area contributed by atoms with Gasteiger partial charge in [0.25, 0.3) is 0 Å². The Morgan fingerprint density at radius 3 is 1.82 bits per heavy atom.